The van der Waals surface area contributed by atoms with Gasteiger partial charge in [0.05, 0.1) is 0 Å². The van der Waals surface area contributed by atoms with Crippen molar-refractivity contribution in [1.29, 1.82) is 0 Å². The first-order chi connectivity index (χ1) is 17.3. The number of rotatable bonds is 10. The zero-order valence-electron chi connectivity index (χ0n) is 22.6. The van der Waals surface area contributed by atoms with Crippen LogP contribution in [0.25, 0.3) is 0 Å². The van der Waals surface area contributed by atoms with Crippen LogP contribution >= 0.6 is 0 Å². The number of amides is 3. The lowest BCUT2D eigenvalue weighted by molar-refractivity contribution is -0.142. The lowest BCUT2D eigenvalue weighted by Crippen LogP contribution is -2.54. The smallest absolute Gasteiger partial charge is 0.408 e. The fraction of sp³-hybridized carbons (Fsp3) is 0.414. The Labute approximate surface area is 219 Å². The number of hydrogen-bond donors (Lipinski definition) is 3. The lowest BCUT2D eigenvalue weighted by atomic mass is 9.97. The van der Waals surface area contributed by atoms with E-state index < -0.39 is 29.7 Å². The van der Waals surface area contributed by atoms with Crippen LogP contribution in [0.15, 0.2) is 61.2 Å². The monoisotopic (exact) mass is 509 g/mol. The average Bonchev–Trinajstić information content (AvgIpc) is 2.78. The van der Waals surface area contributed by atoms with Crippen LogP contribution in [0.5, 0.6) is 5.75 Å². The summed E-state index contributed by atoms with van der Waals surface area (Å²) in [7, 11) is 0. The molecule has 0 saturated heterocycles. The van der Waals surface area contributed by atoms with Crippen LogP contribution < -0.4 is 10.6 Å². The summed E-state index contributed by atoms with van der Waals surface area (Å²) in [6, 6.07) is 11.6. The normalized spacial score (nSPS) is 12.8. The summed E-state index contributed by atoms with van der Waals surface area (Å²) >= 11 is 0. The molecule has 8 heteroatoms. The molecule has 0 bridgehead atoms. The highest BCUT2D eigenvalue weighted by molar-refractivity contribution is 5.92. The van der Waals surface area contributed by atoms with Crippen LogP contribution in [-0.2, 0) is 20.7 Å². The molecule has 0 aliphatic carbocycles. The third-order valence-electron chi connectivity index (χ3n) is 5.45. The van der Waals surface area contributed by atoms with Crippen molar-refractivity contribution in [1.82, 2.24) is 15.5 Å². The van der Waals surface area contributed by atoms with Crippen molar-refractivity contribution in [2.24, 2.45) is 0 Å². The second kappa shape index (κ2) is 12.9. The van der Waals surface area contributed by atoms with Gasteiger partial charge >= 0.3 is 6.09 Å². The number of aromatic hydroxyl groups is 1. The fourth-order valence-electron chi connectivity index (χ4n) is 3.89. The Morgan fingerprint density at radius 1 is 1.05 bits per heavy atom. The summed E-state index contributed by atoms with van der Waals surface area (Å²) in [5.74, 6) is -0.712. The number of phenols is 1. The summed E-state index contributed by atoms with van der Waals surface area (Å²) in [6.45, 7) is 14.7. The minimum absolute atomic E-state index is 0.0748. The molecule has 0 saturated carbocycles. The van der Waals surface area contributed by atoms with Crippen molar-refractivity contribution in [3.63, 3.8) is 0 Å². The molecule has 0 aliphatic rings. The Balaban J connectivity index is 2.54. The molecule has 0 heterocycles. The molecule has 0 fully saturated rings. The summed E-state index contributed by atoms with van der Waals surface area (Å²) < 4.78 is 5.42. The Kier molecular flexibility index (Phi) is 10.3. The van der Waals surface area contributed by atoms with Crippen LogP contribution in [0.4, 0.5) is 4.79 Å². The number of phenolic OH excluding ortho intramolecular Hbond substituents is 1. The molecule has 8 nitrogen and oxygen atoms in total. The molecule has 2 aromatic rings. The topological polar surface area (TPSA) is 108 Å². The SMILES string of the molecule is C=CCN(C(=O)C(Cc1ccc(O)cc1)NC(=O)OC(C)(C)C)C(C(=O)NC(C)C)c1ccccc1C. The van der Waals surface area contributed by atoms with Gasteiger partial charge < -0.3 is 25.4 Å². The zero-order chi connectivity index (χ0) is 27.8. The van der Waals surface area contributed by atoms with E-state index in [2.05, 4.69) is 17.2 Å². The van der Waals surface area contributed by atoms with Crippen LogP contribution in [0.1, 0.15) is 57.4 Å². The molecule has 2 unspecified atom stereocenters. The van der Waals surface area contributed by atoms with E-state index in [9.17, 15) is 19.5 Å². The number of ether oxygens (including phenoxy) is 1. The lowest BCUT2D eigenvalue weighted by Gasteiger charge is -2.35. The van der Waals surface area contributed by atoms with Gasteiger partial charge in [0, 0.05) is 19.0 Å². The molecule has 0 radical (unpaired) electrons. The third kappa shape index (κ3) is 8.97. The van der Waals surface area contributed by atoms with E-state index in [1.54, 1.807) is 39.0 Å². The van der Waals surface area contributed by atoms with Crippen molar-refractivity contribution in [2.75, 3.05) is 6.54 Å². The third-order valence-corrected chi connectivity index (χ3v) is 5.45. The van der Waals surface area contributed by atoms with E-state index in [-0.39, 0.29) is 30.7 Å². The highest BCUT2D eigenvalue weighted by Gasteiger charge is 2.36. The molecule has 2 aromatic carbocycles. The van der Waals surface area contributed by atoms with E-state index in [0.29, 0.717) is 11.1 Å². The number of nitrogens with zero attached hydrogens (tertiary/aromatic N) is 1. The standard InChI is InChI=1S/C29H39N3O5/c1-8-17-32(25(26(34)30-19(2)3)23-12-10-9-11-20(23)4)27(35)24(31-28(36)37-29(5,6)7)18-21-13-15-22(33)16-14-21/h8-16,19,24-25,33H,1,17-18H2,2-7H3,(H,30,34)(H,31,36). The molecule has 2 rings (SSSR count). The molecule has 0 aromatic heterocycles. The first-order valence-electron chi connectivity index (χ1n) is 12.4. The number of benzene rings is 2. The molecule has 0 spiro atoms. The van der Waals surface area contributed by atoms with Crippen molar-refractivity contribution in [3.05, 3.63) is 77.9 Å². The van der Waals surface area contributed by atoms with Gasteiger partial charge in [-0.15, -0.1) is 6.58 Å². The van der Waals surface area contributed by atoms with Gasteiger partial charge in [0.1, 0.15) is 23.4 Å². The average molecular weight is 510 g/mol. The van der Waals surface area contributed by atoms with E-state index in [1.807, 2.05) is 45.0 Å². The summed E-state index contributed by atoms with van der Waals surface area (Å²) in [5, 5.41) is 15.3. The first kappa shape index (κ1) is 29.4. The van der Waals surface area contributed by atoms with Crippen molar-refractivity contribution in [3.8, 4) is 5.75 Å². The molecule has 0 aliphatic heterocycles. The maximum Gasteiger partial charge on any atom is 0.408 e. The fourth-order valence-corrected chi connectivity index (χ4v) is 3.89. The Bertz CT molecular complexity index is 1090. The molecular weight excluding hydrogens is 470 g/mol. The predicted octanol–water partition coefficient (Wildman–Crippen LogP) is 4.42. The van der Waals surface area contributed by atoms with Gasteiger partial charge in [0.15, 0.2) is 0 Å². The van der Waals surface area contributed by atoms with Gasteiger partial charge in [-0.05, 0) is 70.4 Å². The van der Waals surface area contributed by atoms with Crippen LogP contribution in [0.3, 0.4) is 0 Å². The van der Waals surface area contributed by atoms with Crippen molar-refractivity contribution < 1.29 is 24.2 Å². The van der Waals surface area contributed by atoms with Crippen LogP contribution in [0.2, 0.25) is 0 Å². The second-order valence-electron chi connectivity index (χ2n) is 10.3. The van der Waals surface area contributed by atoms with Gasteiger partial charge in [0.2, 0.25) is 11.8 Å². The predicted molar refractivity (Wildman–Crippen MR) is 144 cm³/mol. The molecule has 2 atom stereocenters. The molecule has 37 heavy (non-hydrogen) atoms. The van der Waals surface area contributed by atoms with E-state index in [0.717, 1.165) is 5.56 Å². The van der Waals surface area contributed by atoms with Gasteiger partial charge in [0.25, 0.3) is 0 Å². The summed E-state index contributed by atoms with van der Waals surface area (Å²) in [6.07, 6.45) is 0.928. The number of nitrogens with one attached hydrogen (secondary N) is 2. The quantitative estimate of drug-likeness (QED) is 0.411. The zero-order valence-corrected chi connectivity index (χ0v) is 22.6. The van der Waals surface area contributed by atoms with Gasteiger partial charge in [-0.25, -0.2) is 4.79 Å². The minimum Gasteiger partial charge on any atom is -0.508 e. The maximum atomic E-state index is 14.1. The summed E-state index contributed by atoms with van der Waals surface area (Å²) in [5.41, 5.74) is 1.47. The molecule has 3 N–H and O–H groups in total. The van der Waals surface area contributed by atoms with E-state index in [1.165, 1.54) is 17.0 Å². The Morgan fingerprint density at radius 3 is 2.22 bits per heavy atom. The Hall–Kier alpha value is -3.81. The van der Waals surface area contributed by atoms with E-state index in [4.69, 9.17) is 4.74 Å². The second-order valence-corrected chi connectivity index (χ2v) is 10.3. The van der Waals surface area contributed by atoms with E-state index >= 15 is 0 Å². The number of carbonyl (C=O) groups excluding carboxylic acids is 3. The van der Waals surface area contributed by atoms with Crippen molar-refractivity contribution >= 4 is 17.9 Å². The number of aryl methyl sites for hydroxylation is 1. The molecular formula is C29H39N3O5. The Morgan fingerprint density at radius 2 is 1.68 bits per heavy atom. The number of hydrogen-bond acceptors (Lipinski definition) is 5. The van der Waals surface area contributed by atoms with Gasteiger partial charge in [-0.3, -0.25) is 9.59 Å². The van der Waals surface area contributed by atoms with Crippen LogP contribution in [-0.4, -0.2) is 52.1 Å². The van der Waals surface area contributed by atoms with Gasteiger partial charge in [-0.1, -0.05) is 42.5 Å². The minimum atomic E-state index is -1.04. The molecule has 3 amide bonds. The largest absolute Gasteiger partial charge is 0.508 e. The highest BCUT2D eigenvalue weighted by Crippen LogP contribution is 2.26. The number of alkyl carbamates (subject to hydrolysis) is 1. The highest BCUT2D eigenvalue weighted by atomic mass is 16.6. The van der Waals surface area contributed by atoms with Gasteiger partial charge in [-0.2, -0.15) is 0 Å². The molecule has 200 valence electrons. The van der Waals surface area contributed by atoms with Crippen molar-refractivity contribution in [2.45, 2.75) is 71.7 Å². The maximum absolute atomic E-state index is 14.1. The first-order valence-corrected chi connectivity index (χ1v) is 12.4. The summed E-state index contributed by atoms with van der Waals surface area (Å²) in [4.78, 5) is 41.7. The van der Waals surface area contributed by atoms with Crippen LogP contribution in [0, 0.1) is 6.92 Å². The number of carbonyl (C=O) groups is 3.